The van der Waals surface area contributed by atoms with Crippen molar-refractivity contribution >= 4 is 32.4 Å². The van der Waals surface area contributed by atoms with Gasteiger partial charge in [0.2, 0.25) is 0 Å². The lowest BCUT2D eigenvalue weighted by atomic mass is 10.0. The fraction of sp³-hybridized carbons (Fsp3) is 0.0800. The first kappa shape index (κ1) is 24.6. The highest BCUT2D eigenvalue weighted by Crippen LogP contribution is 2.38. The molecule has 2 aromatic heterocycles. The van der Waals surface area contributed by atoms with Gasteiger partial charge in [-0.2, -0.15) is 5.10 Å². The van der Waals surface area contributed by atoms with Crippen molar-refractivity contribution in [3.8, 4) is 28.4 Å². The minimum Gasteiger partial charge on any atom is -0.491 e. The van der Waals surface area contributed by atoms with Crippen LogP contribution in [0.1, 0.15) is 16.8 Å². The molecule has 0 radical (unpaired) electrons. The molecule has 0 atom stereocenters. The van der Waals surface area contributed by atoms with E-state index in [0.717, 1.165) is 24.3 Å². The number of halogens is 4. The van der Waals surface area contributed by atoms with E-state index in [9.17, 15) is 22.0 Å². The van der Waals surface area contributed by atoms with E-state index < -0.39 is 60.8 Å². The molecule has 3 N–H and O–H groups in total. The zero-order valence-electron chi connectivity index (χ0n) is 19.5. The summed E-state index contributed by atoms with van der Waals surface area (Å²) in [6, 6.07) is 5.52. The molecule has 3 aromatic carbocycles. The minimum atomic E-state index is -4.75. The van der Waals surface area contributed by atoms with E-state index in [1.165, 1.54) is 12.3 Å². The van der Waals surface area contributed by atoms with E-state index in [1.54, 1.807) is 6.20 Å². The average molecular weight is 557 g/mol. The number of imidazole rings is 1. The molecular weight excluding hydrogens is 542 g/mol. The molecule has 0 bridgehead atoms. The Kier molecular flexibility index (Phi) is 5.64. The van der Waals surface area contributed by atoms with Gasteiger partial charge in [-0.3, -0.25) is 14.6 Å². The minimum absolute atomic E-state index is 0.0752. The highest BCUT2D eigenvalue weighted by Gasteiger charge is 2.31. The summed E-state index contributed by atoms with van der Waals surface area (Å²) >= 11 is 0. The second-order valence-electron chi connectivity index (χ2n) is 8.55. The Balaban J connectivity index is 1.43. The van der Waals surface area contributed by atoms with Crippen LogP contribution in [0.4, 0.5) is 23.2 Å². The van der Waals surface area contributed by atoms with Crippen molar-refractivity contribution < 1.29 is 35.5 Å². The number of nitrogens with zero attached hydrogens (tertiary/aromatic N) is 2. The number of aromatic amines is 2. The number of ketones is 1. The predicted octanol–water partition coefficient (Wildman–Crippen LogP) is 4.94. The Morgan fingerprint density at radius 3 is 2.59 bits per heavy atom. The summed E-state index contributed by atoms with van der Waals surface area (Å²) in [6.07, 6.45) is 2.95. The van der Waals surface area contributed by atoms with Crippen molar-refractivity contribution in [1.29, 1.82) is 0 Å². The van der Waals surface area contributed by atoms with Crippen LogP contribution in [0.5, 0.6) is 5.75 Å². The number of fused-ring (bicyclic) bond motifs is 2. The van der Waals surface area contributed by atoms with Crippen molar-refractivity contribution in [3.05, 3.63) is 77.6 Å². The van der Waals surface area contributed by atoms with E-state index in [2.05, 4.69) is 20.2 Å². The Bertz CT molecular complexity index is 1910. The number of nitrogens with one attached hydrogen (secondary N) is 3. The highest BCUT2D eigenvalue weighted by atomic mass is 32.2. The third-order valence-corrected chi connectivity index (χ3v) is 7.56. The number of hydrogen-bond acceptors (Lipinski definition) is 6. The van der Waals surface area contributed by atoms with E-state index in [-0.39, 0.29) is 35.2 Å². The fourth-order valence-corrected chi connectivity index (χ4v) is 5.64. The maximum atomic E-state index is 15.6. The molecule has 1 aliphatic heterocycles. The molecule has 14 heteroatoms. The molecule has 0 amide bonds. The first-order valence-corrected chi connectivity index (χ1v) is 12.8. The van der Waals surface area contributed by atoms with E-state index in [0.29, 0.717) is 17.6 Å². The predicted molar refractivity (Wildman–Crippen MR) is 131 cm³/mol. The van der Waals surface area contributed by atoms with E-state index in [4.69, 9.17) is 4.74 Å². The number of anilines is 1. The highest BCUT2D eigenvalue weighted by molar-refractivity contribution is 7.92. The van der Waals surface area contributed by atoms with Crippen LogP contribution in [0.15, 0.2) is 53.7 Å². The quantitative estimate of drug-likeness (QED) is 0.263. The van der Waals surface area contributed by atoms with Crippen molar-refractivity contribution in [2.75, 3.05) is 11.3 Å². The zero-order valence-corrected chi connectivity index (χ0v) is 20.3. The number of carbonyl (C=O) groups excluding carboxylic acids is 1. The summed E-state index contributed by atoms with van der Waals surface area (Å²) < 4.78 is 93.7. The summed E-state index contributed by atoms with van der Waals surface area (Å²) in [4.78, 5) is 18.3. The molecular formula is C25H15F4N5O4S. The Labute approximate surface area is 216 Å². The van der Waals surface area contributed by atoms with Crippen molar-refractivity contribution in [2.45, 2.75) is 11.3 Å². The number of carbonyl (C=O) groups is 1. The largest absolute Gasteiger partial charge is 0.491 e. The number of aromatic nitrogens is 4. The van der Waals surface area contributed by atoms with Gasteiger partial charge in [0.1, 0.15) is 27.7 Å². The Morgan fingerprint density at radius 2 is 1.82 bits per heavy atom. The van der Waals surface area contributed by atoms with Gasteiger partial charge in [-0.25, -0.2) is 31.0 Å². The third-order valence-electron chi connectivity index (χ3n) is 6.19. The summed E-state index contributed by atoms with van der Waals surface area (Å²) in [5, 5.41) is 6.82. The number of ether oxygens (including phenoxy) is 1. The van der Waals surface area contributed by atoms with Crippen LogP contribution in [-0.2, 0) is 10.0 Å². The molecule has 0 spiro atoms. The van der Waals surface area contributed by atoms with Crippen molar-refractivity contribution in [1.82, 2.24) is 20.2 Å². The molecule has 0 saturated carbocycles. The van der Waals surface area contributed by atoms with Crippen LogP contribution < -0.4 is 9.46 Å². The van der Waals surface area contributed by atoms with Gasteiger partial charge < -0.3 is 9.72 Å². The summed E-state index contributed by atoms with van der Waals surface area (Å²) in [7, 11) is -4.75. The molecule has 0 unspecified atom stereocenters. The molecule has 9 nitrogen and oxygen atoms in total. The topological polar surface area (TPSA) is 130 Å². The van der Waals surface area contributed by atoms with E-state index >= 15 is 8.78 Å². The monoisotopic (exact) mass is 557 g/mol. The third kappa shape index (κ3) is 4.00. The number of sulfonamides is 1. The van der Waals surface area contributed by atoms with Gasteiger partial charge in [0, 0.05) is 29.8 Å². The molecule has 6 rings (SSSR count). The van der Waals surface area contributed by atoms with E-state index in [1.807, 2.05) is 4.72 Å². The standard InChI is InChI=1S/C25H15F4N5O4S/c26-11-9-14-17(35)5-8-38-24(14)18(10-11)39(36,37)34-16-4-3-15(27)19(21(16)29)12-1-2-13-22(20(12)28)32-33-23(13)25-30-6-7-31-25/h1-4,6-7,9-10,34H,5,8H2,(H,30,31)(H,32,33). The van der Waals surface area contributed by atoms with Gasteiger partial charge in [0.25, 0.3) is 10.0 Å². The van der Waals surface area contributed by atoms with Crippen LogP contribution in [0.3, 0.4) is 0 Å². The zero-order chi connectivity index (χ0) is 27.5. The van der Waals surface area contributed by atoms with Gasteiger partial charge in [-0.15, -0.1) is 0 Å². The lowest BCUT2D eigenvalue weighted by molar-refractivity contribution is 0.0930. The Hall–Kier alpha value is -4.72. The average Bonchev–Trinajstić information content (AvgIpc) is 3.57. The maximum absolute atomic E-state index is 15.6. The summed E-state index contributed by atoms with van der Waals surface area (Å²) in [5.41, 5.74) is -2.27. The molecule has 3 heterocycles. The summed E-state index contributed by atoms with van der Waals surface area (Å²) in [5.74, 6) is -5.24. The van der Waals surface area contributed by atoms with Gasteiger partial charge in [-0.1, -0.05) is 6.07 Å². The normalized spacial score (nSPS) is 13.4. The van der Waals surface area contributed by atoms with Crippen molar-refractivity contribution in [3.63, 3.8) is 0 Å². The molecule has 198 valence electrons. The van der Waals surface area contributed by atoms with Crippen LogP contribution >= 0.6 is 0 Å². The number of rotatable bonds is 5. The second kappa shape index (κ2) is 8.94. The maximum Gasteiger partial charge on any atom is 0.265 e. The van der Waals surface area contributed by atoms with Gasteiger partial charge in [-0.05, 0) is 30.3 Å². The van der Waals surface area contributed by atoms with Gasteiger partial charge in [0.05, 0.1) is 23.4 Å². The first-order chi connectivity index (χ1) is 18.7. The lowest BCUT2D eigenvalue weighted by Gasteiger charge is -2.20. The SMILES string of the molecule is O=C1CCOc2c1cc(F)cc2S(=O)(=O)Nc1ccc(F)c(-c2ccc3c(-c4ncc[nH]4)[nH]nc3c2F)c1F. The molecule has 5 aromatic rings. The summed E-state index contributed by atoms with van der Waals surface area (Å²) in [6.45, 7) is -0.133. The molecule has 39 heavy (non-hydrogen) atoms. The lowest BCUT2D eigenvalue weighted by Crippen LogP contribution is -2.21. The number of H-pyrrole nitrogens is 2. The van der Waals surface area contributed by atoms with Crippen LogP contribution in [-0.4, -0.2) is 41.0 Å². The van der Waals surface area contributed by atoms with Crippen LogP contribution in [0.2, 0.25) is 0 Å². The molecule has 1 aliphatic rings. The number of benzene rings is 3. The molecule has 0 aliphatic carbocycles. The van der Waals surface area contributed by atoms with Gasteiger partial charge >= 0.3 is 0 Å². The molecule has 0 fully saturated rings. The van der Waals surface area contributed by atoms with Crippen LogP contribution in [0, 0.1) is 23.3 Å². The van der Waals surface area contributed by atoms with Gasteiger partial charge in [0.15, 0.2) is 29.0 Å². The molecule has 0 saturated heterocycles. The van der Waals surface area contributed by atoms with Crippen molar-refractivity contribution in [2.24, 2.45) is 0 Å². The first-order valence-electron chi connectivity index (χ1n) is 11.3. The number of Topliss-reactive ketones (excluding diaryl/α,β-unsaturated/α-hetero) is 1. The second-order valence-corrected chi connectivity index (χ2v) is 10.2. The van der Waals surface area contributed by atoms with Crippen LogP contribution in [0.25, 0.3) is 33.5 Å². The fourth-order valence-electron chi connectivity index (χ4n) is 4.41. The smallest absolute Gasteiger partial charge is 0.265 e. The number of hydrogen-bond donors (Lipinski definition) is 3. The Morgan fingerprint density at radius 1 is 1.00 bits per heavy atom.